The molecule has 0 aliphatic rings. The number of aryl methyl sites for hydroxylation is 6. The minimum absolute atomic E-state index is 0.165. The van der Waals surface area contributed by atoms with Crippen molar-refractivity contribution in [3.63, 3.8) is 0 Å². The highest BCUT2D eigenvalue weighted by Gasteiger charge is 2.30. The third kappa shape index (κ3) is 4.17. The van der Waals surface area contributed by atoms with Crippen molar-refractivity contribution in [2.45, 2.75) is 67.9 Å². The van der Waals surface area contributed by atoms with Crippen LogP contribution in [0.4, 0.5) is 0 Å². The molecule has 0 aromatic heterocycles. The molecule has 0 aliphatic heterocycles. The molecular formula is C22H31OSi. The molecule has 0 heterocycles. The van der Waals surface area contributed by atoms with Gasteiger partial charge in [0.25, 0.3) is 9.04 Å². The Balaban J connectivity index is 2.73. The molecule has 2 aromatic rings. The smallest absolute Gasteiger partial charge is 0.284 e. The predicted molar refractivity (Wildman–Crippen MR) is 107 cm³/mol. The van der Waals surface area contributed by atoms with E-state index < -0.39 is 9.04 Å². The van der Waals surface area contributed by atoms with E-state index in [2.05, 4.69) is 86.6 Å². The average molecular weight is 340 g/mol. The van der Waals surface area contributed by atoms with Crippen LogP contribution in [0.3, 0.4) is 0 Å². The minimum atomic E-state index is -1.31. The molecule has 0 amide bonds. The lowest BCUT2D eigenvalue weighted by molar-refractivity contribution is 0.136. The fraction of sp³-hybridized carbons (Fsp3) is 0.455. The van der Waals surface area contributed by atoms with Crippen molar-refractivity contribution in [2.75, 3.05) is 0 Å². The highest BCUT2D eigenvalue weighted by atomic mass is 28.3. The second-order valence-corrected chi connectivity index (χ2v) is 9.95. The van der Waals surface area contributed by atoms with Gasteiger partial charge in [-0.3, -0.25) is 0 Å². The van der Waals surface area contributed by atoms with E-state index in [1.165, 1.54) is 43.8 Å². The maximum absolute atomic E-state index is 6.71. The standard InChI is InChI=1S/C22H31OSi/c1-14-10-16(3)20(17(4)11-14)24(23-22(7,8)9)21-18(5)12-15(2)13-19(21)6/h10-13H,1-9H3. The van der Waals surface area contributed by atoms with Gasteiger partial charge < -0.3 is 4.43 Å². The Morgan fingerprint density at radius 1 is 0.625 bits per heavy atom. The lowest BCUT2D eigenvalue weighted by atomic mass is 10.1. The summed E-state index contributed by atoms with van der Waals surface area (Å²) < 4.78 is 6.71. The van der Waals surface area contributed by atoms with Gasteiger partial charge in [-0.2, -0.15) is 0 Å². The highest BCUT2D eigenvalue weighted by Crippen LogP contribution is 2.17. The van der Waals surface area contributed by atoms with Crippen molar-refractivity contribution in [1.82, 2.24) is 0 Å². The monoisotopic (exact) mass is 339 g/mol. The Labute approximate surface area is 149 Å². The van der Waals surface area contributed by atoms with Crippen LogP contribution in [-0.2, 0) is 4.43 Å². The van der Waals surface area contributed by atoms with Crippen LogP contribution in [0, 0.1) is 41.5 Å². The molecule has 129 valence electrons. The summed E-state index contributed by atoms with van der Waals surface area (Å²) in [5.74, 6) is 0. The summed E-state index contributed by atoms with van der Waals surface area (Å²) in [5, 5.41) is 2.83. The zero-order valence-corrected chi connectivity index (χ0v) is 17.7. The quantitative estimate of drug-likeness (QED) is 0.750. The van der Waals surface area contributed by atoms with Gasteiger partial charge in [0, 0.05) is 5.60 Å². The van der Waals surface area contributed by atoms with E-state index in [1.807, 2.05) is 0 Å². The van der Waals surface area contributed by atoms with Crippen LogP contribution in [-0.4, -0.2) is 14.6 Å². The van der Waals surface area contributed by atoms with E-state index in [1.54, 1.807) is 0 Å². The lowest BCUT2D eigenvalue weighted by Crippen LogP contribution is -2.53. The summed E-state index contributed by atoms with van der Waals surface area (Å²) in [6.45, 7) is 19.7. The molecule has 0 fully saturated rings. The van der Waals surface area contributed by atoms with Gasteiger partial charge in [-0.15, -0.1) is 0 Å². The maximum Gasteiger partial charge on any atom is 0.284 e. The molecule has 0 aliphatic carbocycles. The zero-order chi connectivity index (χ0) is 18.2. The molecule has 2 aromatic carbocycles. The van der Waals surface area contributed by atoms with Crippen molar-refractivity contribution in [3.05, 3.63) is 57.6 Å². The molecule has 24 heavy (non-hydrogen) atoms. The van der Waals surface area contributed by atoms with Crippen LogP contribution in [0.15, 0.2) is 24.3 Å². The largest absolute Gasteiger partial charge is 0.402 e. The van der Waals surface area contributed by atoms with Crippen molar-refractivity contribution < 1.29 is 4.43 Å². The molecule has 0 unspecified atom stereocenters. The van der Waals surface area contributed by atoms with Crippen LogP contribution in [0.25, 0.3) is 0 Å². The van der Waals surface area contributed by atoms with E-state index >= 15 is 0 Å². The first-order valence-corrected chi connectivity index (χ1v) is 10.1. The highest BCUT2D eigenvalue weighted by molar-refractivity contribution is 6.81. The summed E-state index contributed by atoms with van der Waals surface area (Å²) in [6, 6.07) is 9.16. The van der Waals surface area contributed by atoms with Crippen molar-refractivity contribution in [1.29, 1.82) is 0 Å². The number of hydrogen-bond acceptors (Lipinski definition) is 1. The first-order chi connectivity index (χ1) is 11.0. The van der Waals surface area contributed by atoms with E-state index in [0.717, 1.165) is 0 Å². The van der Waals surface area contributed by atoms with Crippen molar-refractivity contribution in [3.8, 4) is 0 Å². The minimum Gasteiger partial charge on any atom is -0.402 e. The second kappa shape index (κ2) is 6.85. The third-order valence-corrected chi connectivity index (χ3v) is 7.52. The molecule has 2 rings (SSSR count). The molecule has 2 heteroatoms. The lowest BCUT2D eigenvalue weighted by Gasteiger charge is -2.30. The van der Waals surface area contributed by atoms with Gasteiger partial charge in [0.1, 0.15) is 0 Å². The number of benzene rings is 2. The van der Waals surface area contributed by atoms with Crippen molar-refractivity contribution >= 4 is 19.4 Å². The maximum atomic E-state index is 6.71. The van der Waals surface area contributed by atoms with E-state index in [4.69, 9.17) is 4.43 Å². The summed E-state index contributed by atoms with van der Waals surface area (Å²) in [7, 11) is -1.31. The number of rotatable bonds is 3. The van der Waals surface area contributed by atoms with Gasteiger partial charge in [0.2, 0.25) is 0 Å². The van der Waals surface area contributed by atoms with Gasteiger partial charge in [-0.1, -0.05) is 35.4 Å². The summed E-state index contributed by atoms with van der Waals surface area (Å²) in [5.41, 5.74) is 7.89. The van der Waals surface area contributed by atoms with E-state index in [-0.39, 0.29) is 5.60 Å². The van der Waals surface area contributed by atoms with E-state index in [9.17, 15) is 0 Å². The fourth-order valence-electron chi connectivity index (χ4n) is 3.61. The molecule has 1 nitrogen and oxygen atoms in total. The Morgan fingerprint density at radius 3 is 1.17 bits per heavy atom. The fourth-order valence-corrected chi connectivity index (χ4v) is 6.40. The zero-order valence-electron chi connectivity index (χ0n) is 16.7. The third-order valence-electron chi connectivity index (χ3n) is 4.22. The SMILES string of the molecule is Cc1cc(C)c([Si](OC(C)(C)C)c2c(C)cc(C)cc2C)c(C)c1. The molecule has 0 N–H and O–H groups in total. The van der Waals surface area contributed by atoms with Crippen molar-refractivity contribution in [2.24, 2.45) is 0 Å². The van der Waals surface area contributed by atoms with Crippen LogP contribution >= 0.6 is 0 Å². The summed E-state index contributed by atoms with van der Waals surface area (Å²) >= 11 is 0. The van der Waals surface area contributed by atoms with Gasteiger partial charge in [-0.05, 0) is 94.9 Å². The molecule has 0 saturated carbocycles. The summed E-state index contributed by atoms with van der Waals surface area (Å²) in [4.78, 5) is 0. The number of hydrogen-bond donors (Lipinski definition) is 0. The molecule has 0 saturated heterocycles. The van der Waals surface area contributed by atoms with Gasteiger partial charge in [0.05, 0.1) is 0 Å². The Bertz CT molecular complexity index is 650. The van der Waals surface area contributed by atoms with Crippen LogP contribution in [0.5, 0.6) is 0 Å². The molecular weight excluding hydrogens is 308 g/mol. The van der Waals surface area contributed by atoms with Gasteiger partial charge in [-0.25, -0.2) is 0 Å². The van der Waals surface area contributed by atoms with Crippen LogP contribution in [0.2, 0.25) is 0 Å². The Hall–Kier alpha value is -1.38. The first kappa shape index (κ1) is 18.9. The van der Waals surface area contributed by atoms with Crippen LogP contribution < -0.4 is 10.4 Å². The molecule has 0 atom stereocenters. The summed E-state index contributed by atoms with van der Waals surface area (Å²) in [6.07, 6.45) is 0. The average Bonchev–Trinajstić information content (AvgIpc) is 2.33. The van der Waals surface area contributed by atoms with Crippen LogP contribution in [0.1, 0.15) is 54.2 Å². The normalized spacial score (nSPS) is 12.1. The predicted octanol–water partition coefficient (Wildman–Crippen LogP) is 4.46. The molecule has 1 radical (unpaired) electrons. The molecule has 0 spiro atoms. The van der Waals surface area contributed by atoms with E-state index in [0.29, 0.717) is 0 Å². The second-order valence-electron chi connectivity index (χ2n) is 8.09. The molecule has 0 bridgehead atoms. The Morgan fingerprint density at radius 2 is 0.917 bits per heavy atom. The Kier molecular flexibility index (Phi) is 5.41. The van der Waals surface area contributed by atoms with Gasteiger partial charge >= 0.3 is 0 Å². The first-order valence-electron chi connectivity index (χ1n) is 8.72. The van der Waals surface area contributed by atoms with Gasteiger partial charge in [0.15, 0.2) is 0 Å². The topological polar surface area (TPSA) is 9.23 Å².